The average molecular weight is 351 g/mol. The largest absolute Gasteiger partial charge is 0.508 e. The molecule has 0 spiro atoms. The molecule has 0 saturated carbocycles. The maximum atomic E-state index is 12.6. The van der Waals surface area contributed by atoms with Gasteiger partial charge >= 0.3 is 0 Å². The van der Waals surface area contributed by atoms with Gasteiger partial charge in [-0.1, -0.05) is 18.2 Å². The van der Waals surface area contributed by atoms with Crippen molar-refractivity contribution in [2.24, 2.45) is 0 Å². The van der Waals surface area contributed by atoms with Crippen LogP contribution in [-0.4, -0.2) is 27.5 Å². The highest BCUT2D eigenvalue weighted by Gasteiger charge is 2.19. The molecule has 2 rings (SSSR count). The SMILES string of the molecule is CC(C)n1cc(Br)cc1C(=O)N(C)Cc1ccccc1O. The van der Waals surface area contributed by atoms with Crippen molar-refractivity contribution in [1.82, 2.24) is 9.47 Å². The van der Waals surface area contributed by atoms with Crippen LogP contribution in [0.4, 0.5) is 0 Å². The molecule has 0 unspecified atom stereocenters. The van der Waals surface area contributed by atoms with Gasteiger partial charge in [0.1, 0.15) is 11.4 Å². The Labute approximate surface area is 133 Å². The number of carbonyl (C=O) groups excluding carboxylic acids is 1. The topological polar surface area (TPSA) is 45.5 Å². The Hall–Kier alpha value is -1.75. The number of hydrogen-bond donors (Lipinski definition) is 1. The fraction of sp³-hybridized carbons (Fsp3) is 0.312. The highest BCUT2D eigenvalue weighted by atomic mass is 79.9. The second-order valence-electron chi connectivity index (χ2n) is 5.33. The first-order chi connectivity index (χ1) is 9.90. The summed E-state index contributed by atoms with van der Waals surface area (Å²) < 4.78 is 2.82. The molecule has 5 heteroatoms. The molecule has 0 aliphatic carbocycles. The molecule has 1 aromatic heterocycles. The van der Waals surface area contributed by atoms with Crippen molar-refractivity contribution in [1.29, 1.82) is 0 Å². The summed E-state index contributed by atoms with van der Waals surface area (Å²) >= 11 is 3.42. The Morgan fingerprint density at radius 3 is 2.67 bits per heavy atom. The van der Waals surface area contributed by atoms with E-state index in [2.05, 4.69) is 15.9 Å². The predicted octanol–water partition coefficient (Wildman–Crippen LogP) is 3.81. The molecule has 0 aliphatic heterocycles. The zero-order valence-corrected chi connectivity index (χ0v) is 14.0. The van der Waals surface area contributed by atoms with E-state index in [-0.39, 0.29) is 17.7 Å². The highest BCUT2D eigenvalue weighted by molar-refractivity contribution is 9.10. The van der Waals surface area contributed by atoms with Gasteiger partial charge in [-0.3, -0.25) is 4.79 Å². The third kappa shape index (κ3) is 3.47. The van der Waals surface area contributed by atoms with Crippen LogP contribution < -0.4 is 0 Å². The summed E-state index contributed by atoms with van der Waals surface area (Å²) in [5, 5.41) is 9.81. The summed E-state index contributed by atoms with van der Waals surface area (Å²) in [5.74, 6) is 0.134. The van der Waals surface area contributed by atoms with Gasteiger partial charge in [0.25, 0.3) is 5.91 Å². The molecule has 0 fully saturated rings. The molecule has 0 aliphatic rings. The van der Waals surface area contributed by atoms with Gasteiger partial charge in [0.2, 0.25) is 0 Å². The summed E-state index contributed by atoms with van der Waals surface area (Å²) in [6.07, 6.45) is 1.91. The first kappa shape index (κ1) is 15.6. The minimum atomic E-state index is -0.0716. The first-order valence-corrected chi connectivity index (χ1v) is 7.59. The Bertz CT molecular complexity index is 649. The van der Waals surface area contributed by atoms with Gasteiger partial charge in [-0.2, -0.15) is 0 Å². The minimum absolute atomic E-state index is 0.0716. The molecular formula is C16H19BrN2O2. The van der Waals surface area contributed by atoms with Gasteiger partial charge in [0, 0.05) is 35.9 Å². The number of aromatic nitrogens is 1. The maximum absolute atomic E-state index is 12.6. The predicted molar refractivity (Wildman–Crippen MR) is 86.4 cm³/mol. The van der Waals surface area contributed by atoms with Gasteiger partial charge in [0.15, 0.2) is 0 Å². The summed E-state index contributed by atoms with van der Waals surface area (Å²) in [7, 11) is 1.74. The maximum Gasteiger partial charge on any atom is 0.270 e. The van der Waals surface area contributed by atoms with Crippen molar-refractivity contribution >= 4 is 21.8 Å². The number of rotatable bonds is 4. The second-order valence-corrected chi connectivity index (χ2v) is 6.25. The van der Waals surface area contributed by atoms with Crippen molar-refractivity contribution < 1.29 is 9.90 Å². The molecule has 4 nitrogen and oxygen atoms in total. The van der Waals surface area contributed by atoms with Crippen molar-refractivity contribution in [2.45, 2.75) is 26.4 Å². The van der Waals surface area contributed by atoms with E-state index in [9.17, 15) is 9.90 Å². The van der Waals surface area contributed by atoms with Crippen LogP contribution in [0.2, 0.25) is 0 Å². The van der Waals surface area contributed by atoms with Crippen LogP contribution >= 0.6 is 15.9 Å². The molecule has 0 radical (unpaired) electrons. The zero-order valence-electron chi connectivity index (χ0n) is 12.4. The number of halogens is 1. The van der Waals surface area contributed by atoms with E-state index in [1.807, 2.05) is 42.8 Å². The third-order valence-corrected chi connectivity index (χ3v) is 3.77. The molecule has 1 N–H and O–H groups in total. The van der Waals surface area contributed by atoms with Gasteiger partial charge in [0.05, 0.1) is 0 Å². The Morgan fingerprint density at radius 2 is 2.05 bits per heavy atom. The summed E-state index contributed by atoms with van der Waals surface area (Å²) in [6, 6.07) is 9.08. The molecule has 21 heavy (non-hydrogen) atoms. The molecule has 1 heterocycles. The standard InChI is InChI=1S/C16H19BrN2O2/c1-11(2)19-10-13(17)8-14(19)16(21)18(3)9-12-6-4-5-7-15(12)20/h4-8,10-11,20H,9H2,1-3H3. The fourth-order valence-corrected chi connectivity index (χ4v) is 2.65. The van der Waals surface area contributed by atoms with Crippen LogP contribution in [0.25, 0.3) is 0 Å². The van der Waals surface area contributed by atoms with Gasteiger partial charge in [-0.25, -0.2) is 0 Å². The number of carbonyl (C=O) groups is 1. The molecular weight excluding hydrogens is 332 g/mol. The van der Waals surface area contributed by atoms with Crippen molar-refractivity contribution in [3.63, 3.8) is 0 Å². The smallest absolute Gasteiger partial charge is 0.270 e. The van der Waals surface area contributed by atoms with Crippen LogP contribution in [0, 0.1) is 0 Å². The number of para-hydroxylation sites is 1. The van der Waals surface area contributed by atoms with Crippen molar-refractivity contribution in [3.05, 3.63) is 52.3 Å². The highest BCUT2D eigenvalue weighted by Crippen LogP contribution is 2.22. The minimum Gasteiger partial charge on any atom is -0.508 e. The number of nitrogens with zero attached hydrogens (tertiary/aromatic N) is 2. The lowest BCUT2D eigenvalue weighted by molar-refractivity contribution is 0.0772. The zero-order chi connectivity index (χ0) is 15.6. The Morgan fingerprint density at radius 1 is 1.38 bits per heavy atom. The average Bonchev–Trinajstić information content (AvgIpc) is 2.82. The van der Waals surface area contributed by atoms with E-state index in [0.717, 1.165) is 10.0 Å². The van der Waals surface area contributed by atoms with E-state index < -0.39 is 0 Å². The lowest BCUT2D eigenvalue weighted by Crippen LogP contribution is -2.28. The number of hydrogen-bond acceptors (Lipinski definition) is 2. The van der Waals surface area contributed by atoms with Crippen LogP contribution in [0.15, 0.2) is 41.0 Å². The van der Waals surface area contributed by atoms with Crippen molar-refractivity contribution in [3.8, 4) is 5.75 Å². The number of amides is 1. The third-order valence-electron chi connectivity index (χ3n) is 3.34. The second kappa shape index (κ2) is 6.35. The molecule has 1 aromatic carbocycles. The first-order valence-electron chi connectivity index (χ1n) is 6.80. The van der Waals surface area contributed by atoms with Crippen LogP contribution in [0.5, 0.6) is 5.75 Å². The van der Waals surface area contributed by atoms with E-state index in [1.165, 1.54) is 0 Å². The van der Waals surface area contributed by atoms with Crippen LogP contribution in [0.3, 0.4) is 0 Å². The van der Waals surface area contributed by atoms with E-state index >= 15 is 0 Å². The summed E-state index contributed by atoms with van der Waals surface area (Å²) in [5.41, 5.74) is 1.37. The summed E-state index contributed by atoms with van der Waals surface area (Å²) in [4.78, 5) is 14.2. The lowest BCUT2D eigenvalue weighted by atomic mass is 10.2. The van der Waals surface area contributed by atoms with Gasteiger partial charge in [-0.05, 0) is 41.9 Å². The summed E-state index contributed by atoms with van der Waals surface area (Å²) in [6.45, 7) is 4.44. The van der Waals surface area contributed by atoms with Gasteiger partial charge < -0.3 is 14.6 Å². The number of benzene rings is 1. The molecule has 0 saturated heterocycles. The molecule has 1 amide bonds. The Kier molecular flexibility index (Phi) is 4.73. The quantitative estimate of drug-likeness (QED) is 0.911. The molecule has 112 valence electrons. The van der Waals surface area contributed by atoms with E-state index in [1.54, 1.807) is 24.1 Å². The number of phenolic OH excluding ortho intramolecular Hbond substituents is 1. The molecule has 0 atom stereocenters. The number of phenols is 1. The van der Waals surface area contributed by atoms with E-state index in [4.69, 9.17) is 0 Å². The molecule has 0 bridgehead atoms. The Balaban J connectivity index is 2.22. The fourth-order valence-electron chi connectivity index (χ4n) is 2.21. The van der Waals surface area contributed by atoms with Crippen molar-refractivity contribution in [2.75, 3.05) is 7.05 Å². The van der Waals surface area contributed by atoms with Crippen LogP contribution in [0.1, 0.15) is 35.9 Å². The lowest BCUT2D eigenvalue weighted by Gasteiger charge is -2.20. The number of aromatic hydroxyl groups is 1. The monoisotopic (exact) mass is 350 g/mol. The van der Waals surface area contributed by atoms with Crippen LogP contribution in [-0.2, 0) is 6.54 Å². The molecule has 2 aromatic rings. The van der Waals surface area contributed by atoms with E-state index in [0.29, 0.717) is 12.2 Å². The van der Waals surface area contributed by atoms with Gasteiger partial charge in [-0.15, -0.1) is 0 Å². The normalized spacial score (nSPS) is 10.9.